The third kappa shape index (κ3) is 6.73. The number of pyridine rings is 1. The molecule has 0 atom stereocenters. The van der Waals surface area contributed by atoms with Crippen LogP contribution in [0.2, 0.25) is 19.6 Å². The van der Waals surface area contributed by atoms with Gasteiger partial charge < -0.3 is 9.52 Å². The van der Waals surface area contributed by atoms with Crippen LogP contribution < -0.4 is 5.19 Å². The zero-order valence-electron chi connectivity index (χ0n) is 30.6. The molecule has 0 saturated heterocycles. The minimum atomic E-state index is -1.60. The van der Waals surface area contributed by atoms with Crippen molar-refractivity contribution < 1.29 is 34.4 Å². The van der Waals surface area contributed by atoms with E-state index in [1.54, 1.807) is 0 Å². The SMILES string of the molecule is CCC(CC)C(=O)/C=C(\O)C(CC)CC.Cc1ccc2nc3c(cc2c1)C(C)(C)c1ccc([Si](C)(C)C)c2oc4c(C)c[c-]c-3c4c12.[Ir]. The molecular weight excluding hydrogens is 787 g/mol. The zero-order valence-corrected chi connectivity index (χ0v) is 34.0. The van der Waals surface area contributed by atoms with Crippen molar-refractivity contribution in [2.75, 3.05) is 0 Å². The molecule has 0 aliphatic heterocycles. The molecule has 1 radical (unpaired) electrons. The van der Waals surface area contributed by atoms with Crippen molar-refractivity contribution >= 4 is 51.9 Å². The van der Waals surface area contributed by atoms with E-state index >= 15 is 0 Å². The van der Waals surface area contributed by atoms with Crippen molar-refractivity contribution in [1.82, 2.24) is 4.98 Å². The number of allylic oxidation sites excluding steroid dienone is 2. The molecule has 48 heavy (non-hydrogen) atoms. The summed E-state index contributed by atoms with van der Waals surface area (Å²) in [5.41, 5.74) is 9.94. The van der Waals surface area contributed by atoms with Gasteiger partial charge in [0.15, 0.2) is 5.78 Å². The van der Waals surface area contributed by atoms with Gasteiger partial charge in [0.1, 0.15) is 5.58 Å². The number of aliphatic hydroxyl groups excluding tert-OH is 1. The van der Waals surface area contributed by atoms with E-state index in [0.29, 0.717) is 0 Å². The van der Waals surface area contributed by atoms with Crippen LogP contribution in [0.25, 0.3) is 44.1 Å². The van der Waals surface area contributed by atoms with Gasteiger partial charge in [-0.2, -0.15) is 0 Å². The molecule has 5 aromatic rings. The maximum absolute atomic E-state index is 11.7. The second kappa shape index (κ2) is 14.4. The Balaban J connectivity index is 0.000000279. The third-order valence-corrected chi connectivity index (χ3v) is 12.3. The van der Waals surface area contributed by atoms with Crippen molar-refractivity contribution in [3.63, 3.8) is 0 Å². The molecule has 2 aromatic heterocycles. The van der Waals surface area contributed by atoms with Crippen LogP contribution in [0, 0.1) is 31.7 Å². The number of aromatic nitrogens is 1. The molecule has 0 amide bonds. The summed E-state index contributed by atoms with van der Waals surface area (Å²) in [4.78, 5) is 16.9. The molecule has 0 fully saturated rings. The smallest absolute Gasteiger partial charge is 0.162 e. The van der Waals surface area contributed by atoms with E-state index in [4.69, 9.17) is 9.40 Å². The summed E-state index contributed by atoms with van der Waals surface area (Å²) >= 11 is 0. The first-order chi connectivity index (χ1) is 22.2. The standard InChI is InChI=1S/C29H28NOSi.C13H24O2.Ir/c1-16-8-12-22-18(14-16)15-21-26(30-22)19-10-9-17(2)27-24(19)25-20(29(21,3)4)11-13-23(28(25)31-27)32(5,6)7;1-5-10(6-2)12(14)9-13(15)11(7-3)8-4;/h8-9,11-15H,1-7H3;9-11,14H,5-8H2,1-4H3;/q-1;;/b;12-9-;. The number of nitrogens with zero attached hydrogens (tertiary/aromatic N) is 1. The number of hydrogen-bond acceptors (Lipinski definition) is 4. The number of aryl methyl sites for hydroxylation is 2. The molecule has 0 bridgehead atoms. The van der Waals surface area contributed by atoms with Gasteiger partial charge in [0.25, 0.3) is 0 Å². The Labute approximate surface area is 301 Å². The molecule has 257 valence electrons. The summed E-state index contributed by atoms with van der Waals surface area (Å²) in [6.45, 7) is 24.2. The van der Waals surface area contributed by atoms with Gasteiger partial charge in [-0.15, -0.1) is 17.7 Å². The molecule has 1 aliphatic carbocycles. The fraction of sp³-hybridized carbons (Fsp3) is 0.429. The molecule has 2 heterocycles. The van der Waals surface area contributed by atoms with Crippen LogP contribution in [-0.2, 0) is 30.3 Å². The molecule has 0 unspecified atom stereocenters. The van der Waals surface area contributed by atoms with Gasteiger partial charge in [-0.25, -0.2) is 0 Å². The van der Waals surface area contributed by atoms with E-state index in [-0.39, 0.29) is 48.9 Å². The summed E-state index contributed by atoms with van der Waals surface area (Å²) in [6, 6.07) is 19.2. The summed E-state index contributed by atoms with van der Waals surface area (Å²) in [6.07, 6.45) is 4.91. The Bertz CT molecular complexity index is 2010. The van der Waals surface area contributed by atoms with Gasteiger partial charge in [0, 0.05) is 43.4 Å². The van der Waals surface area contributed by atoms with Crippen LogP contribution in [0.1, 0.15) is 89.5 Å². The van der Waals surface area contributed by atoms with Gasteiger partial charge in [0.05, 0.1) is 24.9 Å². The molecular formula is C42H52IrNO3Si-. The van der Waals surface area contributed by atoms with Crippen LogP contribution in [-0.4, -0.2) is 23.9 Å². The number of benzene rings is 3. The minimum Gasteiger partial charge on any atom is -0.512 e. The number of carbonyl (C=O) groups excluding carboxylic acids is 1. The largest absolute Gasteiger partial charge is 0.512 e. The molecule has 1 N–H and O–H groups in total. The summed E-state index contributed by atoms with van der Waals surface area (Å²) in [7, 11) is -1.60. The van der Waals surface area contributed by atoms with Crippen LogP contribution in [0.5, 0.6) is 0 Å². The van der Waals surface area contributed by atoms with E-state index in [2.05, 4.69) is 95.9 Å². The van der Waals surface area contributed by atoms with Gasteiger partial charge in [-0.05, 0) is 72.0 Å². The number of ketones is 1. The predicted octanol–water partition coefficient (Wildman–Crippen LogP) is 11.3. The Morgan fingerprint density at radius 1 is 0.917 bits per heavy atom. The average Bonchev–Trinajstić information content (AvgIpc) is 3.39. The first-order valence-electron chi connectivity index (χ1n) is 17.5. The summed E-state index contributed by atoms with van der Waals surface area (Å²) < 4.78 is 6.70. The number of rotatable bonds is 8. The third-order valence-electron chi connectivity index (χ3n) is 10.3. The molecule has 6 rings (SSSR count). The maximum Gasteiger partial charge on any atom is 0.162 e. The van der Waals surface area contributed by atoms with Gasteiger partial charge in [-0.1, -0.05) is 114 Å². The topological polar surface area (TPSA) is 63.3 Å². The van der Waals surface area contributed by atoms with E-state index in [1.807, 2.05) is 27.7 Å². The molecule has 4 nitrogen and oxygen atoms in total. The van der Waals surface area contributed by atoms with Crippen molar-refractivity contribution in [3.8, 4) is 11.3 Å². The van der Waals surface area contributed by atoms with Gasteiger partial charge in [-0.3, -0.25) is 9.78 Å². The Hall–Kier alpha value is -3.05. The number of furan rings is 1. The van der Waals surface area contributed by atoms with Crippen molar-refractivity contribution in [3.05, 3.63) is 82.6 Å². The average molecular weight is 839 g/mol. The minimum absolute atomic E-state index is 0. The van der Waals surface area contributed by atoms with Gasteiger partial charge >= 0.3 is 0 Å². The van der Waals surface area contributed by atoms with Crippen molar-refractivity contribution in [2.45, 2.75) is 106 Å². The molecule has 6 heteroatoms. The van der Waals surface area contributed by atoms with Crippen LogP contribution in [0.15, 0.2) is 58.7 Å². The zero-order chi connectivity index (χ0) is 34.4. The summed E-state index contributed by atoms with van der Waals surface area (Å²) in [5, 5.41) is 14.8. The van der Waals surface area contributed by atoms with E-state index < -0.39 is 8.07 Å². The Morgan fingerprint density at radius 3 is 2.17 bits per heavy atom. The number of hydrogen-bond donors (Lipinski definition) is 1. The van der Waals surface area contributed by atoms with Crippen molar-refractivity contribution in [1.29, 1.82) is 0 Å². The first-order valence-corrected chi connectivity index (χ1v) is 21.0. The molecule has 1 aliphatic rings. The maximum atomic E-state index is 11.7. The van der Waals surface area contributed by atoms with E-state index in [1.165, 1.54) is 44.1 Å². The normalized spacial score (nSPS) is 13.9. The van der Waals surface area contributed by atoms with Crippen molar-refractivity contribution in [2.24, 2.45) is 11.8 Å². The van der Waals surface area contributed by atoms with Crippen LogP contribution in [0.3, 0.4) is 0 Å². The Kier molecular flexibility index (Phi) is 11.4. The van der Waals surface area contributed by atoms with Crippen LogP contribution in [0.4, 0.5) is 0 Å². The fourth-order valence-corrected chi connectivity index (χ4v) is 8.66. The van der Waals surface area contributed by atoms with Crippen LogP contribution >= 0.6 is 0 Å². The van der Waals surface area contributed by atoms with Gasteiger partial charge in [0.2, 0.25) is 0 Å². The Morgan fingerprint density at radius 2 is 1.56 bits per heavy atom. The fourth-order valence-electron chi connectivity index (χ4n) is 7.22. The number of carbonyl (C=O) groups is 1. The predicted molar refractivity (Wildman–Crippen MR) is 202 cm³/mol. The number of aliphatic hydroxyl groups is 1. The molecule has 3 aromatic carbocycles. The molecule has 0 spiro atoms. The molecule has 0 saturated carbocycles. The van der Waals surface area contributed by atoms with E-state index in [0.717, 1.165) is 59.2 Å². The second-order valence-electron chi connectivity index (χ2n) is 15.0. The quantitative estimate of drug-likeness (QED) is 0.0732. The first kappa shape index (κ1) is 37.8. The second-order valence-corrected chi connectivity index (χ2v) is 20.0. The monoisotopic (exact) mass is 839 g/mol. The number of fused-ring (bicyclic) bond motifs is 3. The van der Waals surface area contributed by atoms with E-state index in [9.17, 15) is 9.90 Å². The summed E-state index contributed by atoms with van der Waals surface area (Å²) in [5.74, 6) is 0.547.